The van der Waals surface area contributed by atoms with Gasteiger partial charge in [-0.2, -0.15) is 16.5 Å². The molecule has 26 heavy (non-hydrogen) atoms. The van der Waals surface area contributed by atoms with E-state index in [1.54, 1.807) is 18.3 Å². The lowest BCUT2D eigenvalue weighted by atomic mass is 10.2. The summed E-state index contributed by atoms with van der Waals surface area (Å²) in [5.41, 5.74) is 0.478. The van der Waals surface area contributed by atoms with Crippen LogP contribution in [0.5, 0.6) is 0 Å². The fourth-order valence-corrected chi connectivity index (χ4v) is 4.54. The molecule has 0 aliphatic rings. The van der Waals surface area contributed by atoms with Gasteiger partial charge in [0.1, 0.15) is 10.9 Å². The number of nitrogens with one attached hydrogen (secondary N) is 2. The lowest BCUT2D eigenvalue weighted by molar-refractivity contribution is -0.117. The van der Waals surface area contributed by atoms with Crippen molar-refractivity contribution in [2.24, 2.45) is 0 Å². The second kappa shape index (κ2) is 9.57. The van der Waals surface area contributed by atoms with E-state index in [1.165, 1.54) is 36.2 Å². The molecule has 1 atom stereocenters. The molecular weight excluding hydrogens is 417 g/mol. The predicted molar refractivity (Wildman–Crippen MR) is 106 cm³/mol. The van der Waals surface area contributed by atoms with Gasteiger partial charge in [0.2, 0.25) is 15.9 Å². The van der Waals surface area contributed by atoms with Crippen LogP contribution >= 0.6 is 35.0 Å². The molecule has 0 aliphatic heterocycles. The number of amides is 1. The first-order valence-electron chi connectivity index (χ1n) is 7.50. The van der Waals surface area contributed by atoms with Crippen LogP contribution in [0, 0.1) is 0 Å². The summed E-state index contributed by atoms with van der Waals surface area (Å²) in [6.07, 6.45) is 5.24. The van der Waals surface area contributed by atoms with Crippen molar-refractivity contribution in [3.8, 4) is 0 Å². The minimum Gasteiger partial charge on any atom is -0.323 e. The number of hydrogen-bond donors (Lipinski definition) is 2. The van der Waals surface area contributed by atoms with E-state index in [1.807, 2.05) is 6.26 Å². The van der Waals surface area contributed by atoms with Gasteiger partial charge < -0.3 is 5.32 Å². The average Bonchev–Trinajstić information content (AvgIpc) is 2.61. The second-order valence-electron chi connectivity index (χ2n) is 5.26. The molecule has 0 unspecified atom stereocenters. The number of aromatic nitrogens is 1. The van der Waals surface area contributed by atoms with Gasteiger partial charge in [0.05, 0.1) is 16.9 Å². The molecule has 6 nitrogen and oxygen atoms in total. The molecule has 0 spiro atoms. The smallest absolute Gasteiger partial charge is 0.242 e. The number of carbonyl (C=O) groups is 1. The first-order valence-corrected chi connectivity index (χ1v) is 11.1. The van der Waals surface area contributed by atoms with Gasteiger partial charge in [0.15, 0.2) is 0 Å². The number of rotatable bonds is 8. The van der Waals surface area contributed by atoms with Gasteiger partial charge in [0.25, 0.3) is 0 Å². The van der Waals surface area contributed by atoms with Crippen LogP contribution in [-0.4, -0.2) is 37.4 Å². The standard InChI is InChI=1S/C16H17Cl2N3O3S2/c1-25-8-6-14(16(22)20-12-3-2-7-19-10-12)21-26(23,24)15-9-11(17)4-5-13(15)18/h2-5,7,9-10,14,21H,6,8H2,1H3,(H,20,22)/t14-/m0/s1. The third kappa shape index (κ3) is 5.85. The summed E-state index contributed by atoms with van der Waals surface area (Å²) in [6.45, 7) is 0. The Morgan fingerprint density at radius 2 is 2.08 bits per heavy atom. The molecule has 1 heterocycles. The van der Waals surface area contributed by atoms with E-state index in [9.17, 15) is 13.2 Å². The van der Waals surface area contributed by atoms with Gasteiger partial charge in [-0.3, -0.25) is 9.78 Å². The number of hydrogen-bond acceptors (Lipinski definition) is 5. The molecule has 0 radical (unpaired) electrons. The number of pyridine rings is 1. The fourth-order valence-electron chi connectivity index (χ4n) is 2.08. The summed E-state index contributed by atoms with van der Waals surface area (Å²) in [5, 5.41) is 2.91. The molecule has 2 N–H and O–H groups in total. The minimum atomic E-state index is -4.03. The van der Waals surface area contributed by atoms with Crippen molar-refractivity contribution in [1.82, 2.24) is 9.71 Å². The van der Waals surface area contributed by atoms with Crippen molar-refractivity contribution in [2.75, 3.05) is 17.3 Å². The van der Waals surface area contributed by atoms with E-state index in [-0.39, 0.29) is 14.9 Å². The van der Waals surface area contributed by atoms with Crippen LogP contribution in [-0.2, 0) is 14.8 Å². The van der Waals surface area contributed by atoms with Crippen LogP contribution in [0.15, 0.2) is 47.6 Å². The van der Waals surface area contributed by atoms with Crippen molar-refractivity contribution < 1.29 is 13.2 Å². The molecule has 1 amide bonds. The summed E-state index contributed by atoms with van der Waals surface area (Å²) in [6, 6.07) is 6.50. The van der Waals surface area contributed by atoms with Crippen molar-refractivity contribution >= 4 is 56.6 Å². The van der Waals surface area contributed by atoms with Gasteiger partial charge >= 0.3 is 0 Å². The Bertz CT molecular complexity index is 864. The Kier molecular flexibility index (Phi) is 7.72. The second-order valence-corrected chi connectivity index (χ2v) is 8.77. The summed E-state index contributed by atoms with van der Waals surface area (Å²) in [5.74, 6) is 0.116. The highest BCUT2D eigenvalue weighted by molar-refractivity contribution is 7.98. The molecule has 0 aliphatic carbocycles. The number of halogens is 2. The number of nitrogens with zero attached hydrogens (tertiary/aromatic N) is 1. The Labute approximate surface area is 166 Å². The van der Waals surface area contributed by atoms with E-state index in [0.29, 0.717) is 17.9 Å². The summed E-state index contributed by atoms with van der Waals surface area (Å²) in [7, 11) is -4.03. The van der Waals surface area contributed by atoms with Crippen molar-refractivity contribution in [2.45, 2.75) is 17.4 Å². The van der Waals surface area contributed by atoms with E-state index >= 15 is 0 Å². The third-order valence-corrected chi connectivity index (χ3v) is 6.17. The SMILES string of the molecule is CSCC[C@H](NS(=O)(=O)c1cc(Cl)ccc1Cl)C(=O)Nc1cccnc1. The van der Waals surface area contributed by atoms with E-state index in [4.69, 9.17) is 23.2 Å². The molecule has 0 bridgehead atoms. The zero-order valence-corrected chi connectivity index (χ0v) is 16.9. The highest BCUT2D eigenvalue weighted by Gasteiger charge is 2.27. The fraction of sp³-hybridized carbons (Fsp3) is 0.250. The van der Waals surface area contributed by atoms with E-state index in [0.717, 1.165) is 0 Å². The molecule has 140 valence electrons. The van der Waals surface area contributed by atoms with Crippen LogP contribution < -0.4 is 10.0 Å². The largest absolute Gasteiger partial charge is 0.323 e. The van der Waals surface area contributed by atoms with Crippen LogP contribution in [0.25, 0.3) is 0 Å². The number of benzene rings is 1. The van der Waals surface area contributed by atoms with Gasteiger partial charge in [-0.15, -0.1) is 0 Å². The van der Waals surface area contributed by atoms with Crippen molar-refractivity contribution in [3.63, 3.8) is 0 Å². The van der Waals surface area contributed by atoms with Gasteiger partial charge in [-0.25, -0.2) is 8.42 Å². The molecule has 2 aromatic rings. The van der Waals surface area contributed by atoms with Crippen LogP contribution in [0.2, 0.25) is 10.0 Å². The molecule has 0 saturated heterocycles. The maximum Gasteiger partial charge on any atom is 0.242 e. The first-order chi connectivity index (χ1) is 12.3. The third-order valence-electron chi connectivity index (χ3n) is 3.34. The van der Waals surface area contributed by atoms with Crippen LogP contribution in [0.1, 0.15) is 6.42 Å². The number of carbonyl (C=O) groups excluding carboxylic acids is 1. The van der Waals surface area contributed by atoms with E-state index < -0.39 is 22.0 Å². The van der Waals surface area contributed by atoms with Gasteiger partial charge in [0, 0.05) is 11.2 Å². The quantitative estimate of drug-likeness (QED) is 0.665. The lowest BCUT2D eigenvalue weighted by Gasteiger charge is -2.18. The van der Waals surface area contributed by atoms with Crippen molar-refractivity contribution in [1.29, 1.82) is 0 Å². The van der Waals surface area contributed by atoms with Crippen molar-refractivity contribution in [3.05, 3.63) is 52.8 Å². The molecule has 1 aromatic heterocycles. The molecule has 0 saturated carbocycles. The number of thioether (sulfide) groups is 1. The van der Waals surface area contributed by atoms with E-state index in [2.05, 4.69) is 15.0 Å². The molecule has 0 fully saturated rings. The Morgan fingerprint density at radius 1 is 1.31 bits per heavy atom. The summed E-state index contributed by atoms with van der Waals surface area (Å²) in [4.78, 5) is 16.3. The molecule has 1 aromatic carbocycles. The van der Waals surface area contributed by atoms with Gasteiger partial charge in [-0.05, 0) is 48.8 Å². The highest BCUT2D eigenvalue weighted by Crippen LogP contribution is 2.25. The predicted octanol–water partition coefficient (Wildman–Crippen LogP) is 3.43. The first kappa shape index (κ1) is 21.0. The lowest BCUT2D eigenvalue weighted by Crippen LogP contribution is -2.44. The number of sulfonamides is 1. The Hall–Kier alpha value is -1.32. The van der Waals surface area contributed by atoms with Crippen LogP contribution in [0.3, 0.4) is 0 Å². The minimum absolute atomic E-state index is 0.0261. The average molecular weight is 434 g/mol. The monoisotopic (exact) mass is 433 g/mol. The highest BCUT2D eigenvalue weighted by atomic mass is 35.5. The Balaban J connectivity index is 2.23. The van der Waals surface area contributed by atoms with Gasteiger partial charge in [-0.1, -0.05) is 23.2 Å². The molecule has 10 heteroatoms. The zero-order chi connectivity index (χ0) is 19.2. The molecule has 2 rings (SSSR count). The van der Waals surface area contributed by atoms with Crippen LogP contribution in [0.4, 0.5) is 5.69 Å². The molecular formula is C16H17Cl2N3O3S2. The summed E-state index contributed by atoms with van der Waals surface area (Å²) >= 11 is 13.4. The maximum atomic E-state index is 12.7. The summed E-state index contributed by atoms with van der Waals surface area (Å²) < 4.78 is 27.8. The maximum absolute atomic E-state index is 12.7. The topological polar surface area (TPSA) is 88.2 Å². The Morgan fingerprint density at radius 3 is 2.73 bits per heavy atom. The normalized spacial score (nSPS) is 12.6. The zero-order valence-electron chi connectivity index (χ0n) is 13.8. The number of anilines is 1.